The molecule has 1 saturated heterocycles. The van der Waals surface area contributed by atoms with Gasteiger partial charge >= 0.3 is 0 Å². The van der Waals surface area contributed by atoms with Crippen molar-refractivity contribution in [3.05, 3.63) is 95.1 Å². The Morgan fingerprint density at radius 3 is 2.27 bits per heavy atom. The zero-order valence-electron chi connectivity index (χ0n) is 19.0. The van der Waals surface area contributed by atoms with Gasteiger partial charge in [0.15, 0.2) is 9.84 Å². The predicted octanol–water partition coefficient (Wildman–Crippen LogP) is 4.96. The summed E-state index contributed by atoms with van der Waals surface area (Å²) in [6.07, 6.45) is 1.67. The first-order chi connectivity index (χ1) is 15.8. The molecule has 0 saturated carbocycles. The van der Waals surface area contributed by atoms with Gasteiger partial charge in [-0.15, -0.1) is 0 Å². The summed E-state index contributed by atoms with van der Waals surface area (Å²) in [5.74, 6) is 0.797. The molecule has 1 fully saturated rings. The Kier molecular flexibility index (Phi) is 6.84. The maximum atomic E-state index is 12.9. The number of hydrogen-bond donors (Lipinski definition) is 0. The van der Waals surface area contributed by atoms with Gasteiger partial charge in [0.2, 0.25) is 0 Å². The lowest BCUT2D eigenvalue weighted by Crippen LogP contribution is -2.41. The maximum absolute atomic E-state index is 12.9. The Hall–Kier alpha value is -3.12. The molecule has 1 heterocycles. The van der Waals surface area contributed by atoms with Crippen molar-refractivity contribution >= 4 is 15.7 Å². The summed E-state index contributed by atoms with van der Waals surface area (Å²) >= 11 is 0. The van der Waals surface area contributed by atoms with E-state index in [1.165, 1.54) is 5.56 Å². The topological polar surface area (TPSA) is 63.7 Å². The molecule has 1 aliphatic heterocycles. The Morgan fingerprint density at radius 1 is 0.939 bits per heavy atom. The fraction of sp³-hybridized carbons (Fsp3) is 0.296. The summed E-state index contributed by atoms with van der Waals surface area (Å²) in [7, 11) is -3.41. The van der Waals surface area contributed by atoms with Gasteiger partial charge in [-0.2, -0.15) is 0 Å². The number of amides is 1. The average molecular weight is 464 g/mol. The van der Waals surface area contributed by atoms with Crippen LogP contribution in [0.25, 0.3) is 0 Å². The molecule has 1 aliphatic rings. The molecular formula is C27H29NO4S. The van der Waals surface area contributed by atoms with E-state index in [0.717, 1.165) is 24.2 Å². The van der Waals surface area contributed by atoms with Gasteiger partial charge in [-0.05, 0) is 60.9 Å². The number of carbonyl (C=O) groups is 1. The van der Waals surface area contributed by atoms with Crippen LogP contribution in [0.2, 0.25) is 0 Å². The summed E-state index contributed by atoms with van der Waals surface area (Å²) in [6, 6.07) is 21.5. The molecule has 6 heteroatoms. The van der Waals surface area contributed by atoms with Crippen molar-refractivity contribution in [3.8, 4) is 5.75 Å². The number of ether oxygens (including phenoxy) is 1. The molecule has 3 aromatic carbocycles. The Morgan fingerprint density at radius 2 is 1.61 bits per heavy atom. The van der Waals surface area contributed by atoms with Gasteiger partial charge < -0.3 is 9.64 Å². The Bertz CT molecular complexity index is 1210. The minimum atomic E-state index is -3.41. The smallest absolute Gasteiger partial charge is 0.253 e. The third-order valence-electron chi connectivity index (χ3n) is 6.03. The normalized spacial score (nSPS) is 14.8. The molecule has 0 aromatic heterocycles. The number of sulfone groups is 1. The van der Waals surface area contributed by atoms with Crippen LogP contribution in [-0.2, 0) is 15.6 Å². The average Bonchev–Trinajstić information content (AvgIpc) is 2.82. The van der Waals surface area contributed by atoms with Crippen molar-refractivity contribution in [2.24, 2.45) is 0 Å². The third kappa shape index (κ3) is 5.63. The molecule has 4 rings (SSSR count). The quantitative estimate of drug-likeness (QED) is 0.518. The second-order valence-corrected chi connectivity index (χ2v) is 10.6. The van der Waals surface area contributed by atoms with Crippen molar-refractivity contribution in [1.82, 2.24) is 4.90 Å². The first-order valence-corrected chi connectivity index (χ1v) is 12.9. The van der Waals surface area contributed by atoms with Crippen molar-refractivity contribution in [3.63, 3.8) is 0 Å². The van der Waals surface area contributed by atoms with Crippen LogP contribution < -0.4 is 4.74 Å². The number of aryl methyl sites for hydroxylation is 2. The second-order valence-electron chi connectivity index (χ2n) is 8.65. The van der Waals surface area contributed by atoms with Gasteiger partial charge in [-0.3, -0.25) is 4.79 Å². The molecule has 0 atom stereocenters. The number of likely N-dealkylation sites (tertiary alicyclic amines) is 1. The summed E-state index contributed by atoms with van der Waals surface area (Å²) in [6.45, 7) is 5.37. The highest BCUT2D eigenvalue weighted by molar-refractivity contribution is 7.90. The number of rotatable bonds is 6. The largest absolute Gasteiger partial charge is 0.490 e. The molecule has 172 valence electrons. The first kappa shape index (κ1) is 23.1. The molecule has 3 aromatic rings. The van der Waals surface area contributed by atoms with Gasteiger partial charge in [-0.1, -0.05) is 42.5 Å². The van der Waals surface area contributed by atoms with Crippen molar-refractivity contribution < 1.29 is 17.9 Å². The van der Waals surface area contributed by atoms with E-state index in [0.29, 0.717) is 29.1 Å². The maximum Gasteiger partial charge on any atom is 0.253 e. The molecule has 0 spiro atoms. The van der Waals surface area contributed by atoms with Gasteiger partial charge in [0.05, 0.1) is 10.6 Å². The highest BCUT2D eigenvalue weighted by Crippen LogP contribution is 2.25. The molecule has 5 nitrogen and oxygen atoms in total. The third-order valence-corrected chi connectivity index (χ3v) is 7.73. The van der Waals surface area contributed by atoms with Gasteiger partial charge in [-0.25, -0.2) is 8.42 Å². The van der Waals surface area contributed by atoms with E-state index in [9.17, 15) is 13.2 Å². The standard InChI is InChI=1S/C27H29NO4S/c1-20-8-9-21(2)26(18-20)32-24-14-16-28(17-15-24)27(29)23-12-10-22(11-13-23)19-33(30,31)25-6-4-3-5-7-25/h3-13,18,24H,14-17,19H2,1-2H3. The van der Waals surface area contributed by atoms with Gasteiger partial charge in [0.1, 0.15) is 11.9 Å². The van der Waals surface area contributed by atoms with Crippen LogP contribution in [0.1, 0.15) is 39.9 Å². The van der Waals surface area contributed by atoms with Gasteiger partial charge in [0.25, 0.3) is 5.91 Å². The van der Waals surface area contributed by atoms with E-state index < -0.39 is 9.84 Å². The summed E-state index contributed by atoms with van der Waals surface area (Å²) in [5, 5.41) is 0. The molecular weight excluding hydrogens is 434 g/mol. The molecule has 33 heavy (non-hydrogen) atoms. The van der Waals surface area contributed by atoms with E-state index in [2.05, 4.69) is 25.1 Å². The number of nitrogens with zero attached hydrogens (tertiary/aromatic N) is 1. The zero-order valence-corrected chi connectivity index (χ0v) is 19.8. The van der Waals surface area contributed by atoms with Crippen LogP contribution in [0, 0.1) is 13.8 Å². The number of benzene rings is 3. The van der Waals surface area contributed by atoms with Gasteiger partial charge in [0, 0.05) is 31.5 Å². The summed E-state index contributed by atoms with van der Waals surface area (Å²) < 4.78 is 31.4. The van der Waals surface area contributed by atoms with Crippen LogP contribution in [0.5, 0.6) is 5.75 Å². The monoisotopic (exact) mass is 463 g/mol. The van der Waals surface area contributed by atoms with E-state index in [1.54, 1.807) is 54.6 Å². The highest BCUT2D eigenvalue weighted by atomic mass is 32.2. The SMILES string of the molecule is Cc1ccc(C)c(OC2CCN(C(=O)c3ccc(CS(=O)(=O)c4ccccc4)cc3)CC2)c1. The molecule has 0 aliphatic carbocycles. The van der Waals surface area contributed by atoms with Crippen LogP contribution in [0.15, 0.2) is 77.7 Å². The first-order valence-electron chi connectivity index (χ1n) is 11.2. The molecule has 1 amide bonds. The second kappa shape index (κ2) is 9.79. The Balaban J connectivity index is 1.34. The lowest BCUT2D eigenvalue weighted by atomic mass is 10.0. The number of piperidine rings is 1. The summed E-state index contributed by atoms with van der Waals surface area (Å²) in [5.41, 5.74) is 3.53. The minimum absolute atomic E-state index is 0.0300. The van der Waals surface area contributed by atoms with E-state index in [-0.39, 0.29) is 17.8 Å². The van der Waals surface area contributed by atoms with Crippen LogP contribution in [0.4, 0.5) is 0 Å². The van der Waals surface area contributed by atoms with Crippen LogP contribution >= 0.6 is 0 Å². The Labute approximate surface area is 195 Å². The molecule has 0 bridgehead atoms. The van der Waals surface area contributed by atoms with Crippen molar-refractivity contribution in [2.75, 3.05) is 13.1 Å². The predicted molar refractivity (Wildman–Crippen MR) is 129 cm³/mol. The molecule has 0 unspecified atom stereocenters. The lowest BCUT2D eigenvalue weighted by Gasteiger charge is -2.32. The minimum Gasteiger partial charge on any atom is -0.490 e. The van der Waals surface area contributed by atoms with Crippen molar-refractivity contribution in [2.45, 2.75) is 43.4 Å². The summed E-state index contributed by atoms with van der Waals surface area (Å²) in [4.78, 5) is 15.1. The van der Waals surface area contributed by atoms with Crippen LogP contribution in [-0.4, -0.2) is 38.4 Å². The number of carbonyl (C=O) groups excluding carboxylic acids is 1. The van der Waals surface area contributed by atoms with Crippen molar-refractivity contribution in [1.29, 1.82) is 0 Å². The van der Waals surface area contributed by atoms with E-state index in [1.807, 2.05) is 11.8 Å². The van der Waals surface area contributed by atoms with Crippen LogP contribution in [0.3, 0.4) is 0 Å². The molecule has 0 radical (unpaired) electrons. The number of hydrogen-bond acceptors (Lipinski definition) is 4. The molecule has 0 N–H and O–H groups in total. The van der Waals surface area contributed by atoms with E-state index in [4.69, 9.17) is 4.74 Å². The zero-order chi connectivity index (χ0) is 23.4. The lowest BCUT2D eigenvalue weighted by molar-refractivity contribution is 0.0594. The fourth-order valence-corrected chi connectivity index (χ4v) is 5.42. The highest BCUT2D eigenvalue weighted by Gasteiger charge is 2.25. The fourth-order valence-electron chi connectivity index (χ4n) is 4.05. The van der Waals surface area contributed by atoms with E-state index >= 15 is 0 Å².